The van der Waals surface area contributed by atoms with Crippen LogP contribution >= 0.6 is 12.4 Å². The number of halogens is 1. The van der Waals surface area contributed by atoms with E-state index in [1.54, 1.807) is 24.3 Å². The van der Waals surface area contributed by atoms with E-state index in [4.69, 9.17) is 5.73 Å². The van der Waals surface area contributed by atoms with Crippen LogP contribution in [0.25, 0.3) is 0 Å². The first-order chi connectivity index (χ1) is 9.92. The molecule has 124 valence electrons. The van der Waals surface area contributed by atoms with Crippen LogP contribution in [-0.4, -0.2) is 44.9 Å². The van der Waals surface area contributed by atoms with Gasteiger partial charge >= 0.3 is 5.97 Å². The van der Waals surface area contributed by atoms with Crippen LogP contribution < -0.4 is 5.73 Å². The Balaban J connectivity index is 0.00000242. The van der Waals surface area contributed by atoms with E-state index in [1.165, 1.54) is 11.4 Å². The van der Waals surface area contributed by atoms with Gasteiger partial charge in [-0.05, 0) is 30.5 Å². The summed E-state index contributed by atoms with van der Waals surface area (Å²) >= 11 is 0. The molecule has 0 aromatic heterocycles. The molecule has 0 saturated carbocycles. The van der Waals surface area contributed by atoms with Gasteiger partial charge in [-0.2, -0.15) is 0 Å². The van der Waals surface area contributed by atoms with Crippen LogP contribution in [0.5, 0.6) is 0 Å². The lowest BCUT2D eigenvalue weighted by Gasteiger charge is -2.29. The van der Waals surface area contributed by atoms with E-state index in [1.807, 2.05) is 0 Å². The summed E-state index contributed by atoms with van der Waals surface area (Å²) < 4.78 is 30.9. The second-order valence-corrected chi connectivity index (χ2v) is 7.18. The Morgan fingerprint density at radius 1 is 1.45 bits per heavy atom. The van der Waals surface area contributed by atoms with E-state index in [0.717, 1.165) is 12.8 Å². The number of nitrogens with zero attached hydrogens (tertiary/aromatic N) is 1. The molecule has 1 heterocycles. The lowest BCUT2D eigenvalue weighted by molar-refractivity contribution is 0.0600. The number of esters is 1. The normalized spacial score (nSPS) is 19.3. The molecule has 0 radical (unpaired) electrons. The topological polar surface area (TPSA) is 89.7 Å². The predicted octanol–water partition coefficient (Wildman–Crippen LogP) is 1.15. The quantitative estimate of drug-likeness (QED) is 0.824. The van der Waals surface area contributed by atoms with Crippen LogP contribution in [0.15, 0.2) is 24.3 Å². The van der Waals surface area contributed by atoms with Crippen LogP contribution in [0.1, 0.15) is 28.8 Å². The molecule has 1 fully saturated rings. The van der Waals surface area contributed by atoms with Crippen molar-refractivity contribution in [3.8, 4) is 0 Å². The molecule has 2 N–H and O–H groups in total. The fourth-order valence-corrected chi connectivity index (χ4v) is 4.04. The smallest absolute Gasteiger partial charge is 0.337 e. The van der Waals surface area contributed by atoms with Crippen molar-refractivity contribution < 1.29 is 17.9 Å². The van der Waals surface area contributed by atoms with Crippen molar-refractivity contribution >= 4 is 28.4 Å². The summed E-state index contributed by atoms with van der Waals surface area (Å²) in [6.07, 6.45) is 1.63. The van der Waals surface area contributed by atoms with E-state index in [2.05, 4.69) is 4.74 Å². The van der Waals surface area contributed by atoms with E-state index < -0.39 is 16.0 Å². The van der Waals surface area contributed by atoms with Gasteiger partial charge in [0, 0.05) is 19.1 Å². The highest BCUT2D eigenvalue weighted by Crippen LogP contribution is 2.17. The number of carbonyl (C=O) groups excluding carboxylic acids is 1. The van der Waals surface area contributed by atoms with Gasteiger partial charge in [-0.3, -0.25) is 0 Å². The second-order valence-electron chi connectivity index (χ2n) is 5.21. The Morgan fingerprint density at radius 3 is 2.82 bits per heavy atom. The van der Waals surface area contributed by atoms with E-state index in [-0.39, 0.29) is 24.2 Å². The Hall–Kier alpha value is -1.15. The standard InChI is InChI=1S/C14H20N2O4S.ClH/c1-20-14(17)12-5-2-4-11(8-12)10-21(18,19)16-7-3-6-13(15)9-16;/h2,4-5,8,13H,3,6-7,9-10,15H2,1H3;1H/t13-;/m1./s1. The van der Waals surface area contributed by atoms with Gasteiger partial charge in [0.15, 0.2) is 0 Å². The number of ether oxygens (including phenoxy) is 1. The lowest BCUT2D eigenvalue weighted by Crippen LogP contribution is -2.46. The highest BCUT2D eigenvalue weighted by Gasteiger charge is 2.27. The number of methoxy groups -OCH3 is 1. The number of hydrogen-bond acceptors (Lipinski definition) is 5. The first kappa shape index (κ1) is 18.9. The maximum atomic E-state index is 12.4. The molecule has 0 bridgehead atoms. The first-order valence-corrected chi connectivity index (χ1v) is 8.44. The van der Waals surface area contributed by atoms with Crippen molar-refractivity contribution in [2.24, 2.45) is 5.73 Å². The molecule has 6 nitrogen and oxygen atoms in total. The van der Waals surface area contributed by atoms with Crippen molar-refractivity contribution in [1.29, 1.82) is 0 Å². The first-order valence-electron chi connectivity index (χ1n) is 6.83. The van der Waals surface area contributed by atoms with Gasteiger partial charge in [-0.1, -0.05) is 12.1 Å². The zero-order valence-electron chi connectivity index (χ0n) is 12.4. The summed E-state index contributed by atoms with van der Waals surface area (Å²) in [5.74, 6) is -0.612. The third-order valence-corrected chi connectivity index (χ3v) is 5.33. The third-order valence-electron chi connectivity index (χ3n) is 3.51. The van der Waals surface area contributed by atoms with Crippen molar-refractivity contribution in [3.05, 3.63) is 35.4 Å². The molecule has 1 aliphatic rings. The molecule has 1 aromatic carbocycles. The highest BCUT2D eigenvalue weighted by molar-refractivity contribution is 7.88. The molecule has 1 saturated heterocycles. The molecule has 1 atom stereocenters. The van der Waals surface area contributed by atoms with Gasteiger partial charge < -0.3 is 10.5 Å². The molecule has 1 aromatic rings. The second kappa shape index (κ2) is 7.92. The van der Waals surface area contributed by atoms with Crippen LogP contribution in [0, 0.1) is 0 Å². The van der Waals surface area contributed by atoms with Gasteiger partial charge in [-0.25, -0.2) is 17.5 Å². The highest BCUT2D eigenvalue weighted by atomic mass is 35.5. The molecule has 0 amide bonds. The molecule has 0 unspecified atom stereocenters. The molecular formula is C14H21ClN2O4S. The van der Waals surface area contributed by atoms with Gasteiger partial charge in [0.25, 0.3) is 0 Å². The van der Waals surface area contributed by atoms with Gasteiger partial charge in [0.05, 0.1) is 18.4 Å². The molecule has 8 heteroatoms. The van der Waals surface area contributed by atoms with Crippen LogP contribution in [0.4, 0.5) is 0 Å². The van der Waals surface area contributed by atoms with E-state index in [9.17, 15) is 13.2 Å². The zero-order chi connectivity index (χ0) is 15.5. The Kier molecular flexibility index (Phi) is 6.80. The average Bonchev–Trinajstić information content (AvgIpc) is 2.46. The molecular weight excluding hydrogens is 328 g/mol. The monoisotopic (exact) mass is 348 g/mol. The van der Waals surface area contributed by atoms with E-state index in [0.29, 0.717) is 24.2 Å². The fraction of sp³-hybridized carbons (Fsp3) is 0.500. The third kappa shape index (κ3) is 4.67. The Morgan fingerprint density at radius 2 is 2.18 bits per heavy atom. The lowest BCUT2D eigenvalue weighted by atomic mass is 10.1. The number of sulfonamides is 1. The molecule has 1 aliphatic heterocycles. The maximum Gasteiger partial charge on any atom is 0.337 e. The zero-order valence-corrected chi connectivity index (χ0v) is 14.0. The summed E-state index contributed by atoms with van der Waals surface area (Å²) in [5.41, 5.74) is 6.74. The van der Waals surface area contributed by atoms with Gasteiger partial charge in [0.2, 0.25) is 10.0 Å². The van der Waals surface area contributed by atoms with Crippen molar-refractivity contribution in [2.75, 3.05) is 20.2 Å². The Bertz CT molecular complexity index is 621. The number of piperidine rings is 1. The summed E-state index contributed by atoms with van der Waals surface area (Å²) in [6, 6.07) is 6.38. The van der Waals surface area contributed by atoms with Crippen LogP contribution in [0.2, 0.25) is 0 Å². The molecule has 22 heavy (non-hydrogen) atoms. The van der Waals surface area contributed by atoms with Crippen molar-refractivity contribution in [2.45, 2.75) is 24.6 Å². The summed E-state index contributed by atoms with van der Waals surface area (Å²) in [4.78, 5) is 11.5. The minimum Gasteiger partial charge on any atom is -0.465 e. The van der Waals surface area contributed by atoms with Crippen molar-refractivity contribution in [1.82, 2.24) is 4.31 Å². The molecule has 0 aliphatic carbocycles. The largest absolute Gasteiger partial charge is 0.465 e. The van der Waals surface area contributed by atoms with Crippen LogP contribution in [0.3, 0.4) is 0 Å². The summed E-state index contributed by atoms with van der Waals surface area (Å²) in [6.45, 7) is 0.867. The number of benzene rings is 1. The predicted molar refractivity (Wildman–Crippen MR) is 86.4 cm³/mol. The maximum absolute atomic E-state index is 12.4. The summed E-state index contributed by atoms with van der Waals surface area (Å²) in [5, 5.41) is 0. The van der Waals surface area contributed by atoms with E-state index >= 15 is 0 Å². The summed E-state index contributed by atoms with van der Waals surface area (Å²) in [7, 11) is -2.12. The molecule has 2 rings (SSSR count). The molecule has 0 spiro atoms. The van der Waals surface area contributed by atoms with Gasteiger partial charge in [-0.15, -0.1) is 12.4 Å². The number of rotatable bonds is 4. The minimum absolute atomic E-state index is 0. The SMILES string of the molecule is COC(=O)c1cccc(CS(=O)(=O)N2CCC[C@@H](N)C2)c1.Cl. The minimum atomic E-state index is -3.42. The number of nitrogens with two attached hydrogens (primary N) is 1. The average molecular weight is 349 g/mol. The van der Waals surface area contributed by atoms with Crippen LogP contribution in [-0.2, 0) is 20.5 Å². The number of carbonyl (C=O) groups is 1. The fourth-order valence-electron chi connectivity index (χ4n) is 2.43. The Labute approximate surface area is 137 Å². The number of hydrogen-bond donors (Lipinski definition) is 1. The van der Waals surface area contributed by atoms with Gasteiger partial charge in [0.1, 0.15) is 0 Å². The van der Waals surface area contributed by atoms with Crippen molar-refractivity contribution in [3.63, 3.8) is 0 Å².